The van der Waals surface area contributed by atoms with E-state index in [1.165, 1.54) is 5.56 Å². The van der Waals surface area contributed by atoms with E-state index in [4.69, 9.17) is 14.5 Å². The van der Waals surface area contributed by atoms with Gasteiger partial charge in [0.1, 0.15) is 11.5 Å². The van der Waals surface area contributed by atoms with Crippen LogP contribution in [0, 0.1) is 0 Å². The van der Waals surface area contributed by atoms with Crippen molar-refractivity contribution in [3.63, 3.8) is 0 Å². The van der Waals surface area contributed by atoms with E-state index in [2.05, 4.69) is 48.5 Å². The highest BCUT2D eigenvalue weighted by Crippen LogP contribution is 2.32. The summed E-state index contributed by atoms with van der Waals surface area (Å²) in [5.41, 5.74) is 4.77. The average molecular weight is 471 g/mol. The fraction of sp³-hybridized carbons (Fsp3) is 0.286. The molecule has 0 unspecified atom stereocenters. The fourth-order valence-corrected chi connectivity index (χ4v) is 4.46. The van der Waals surface area contributed by atoms with Gasteiger partial charge in [-0.3, -0.25) is 9.20 Å². The minimum Gasteiger partial charge on any atom is -0.454 e. The molecule has 2 aromatic heterocycles. The van der Waals surface area contributed by atoms with E-state index in [0.29, 0.717) is 17.9 Å². The Morgan fingerprint density at radius 3 is 2.71 bits per heavy atom. The van der Waals surface area contributed by atoms with E-state index in [1.54, 1.807) is 0 Å². The number of benzene rings is 2. The smallest absolute Gasteiger partial charge is 0.253 e. The molecule has 0 aliphatic carbocycles. The molecule has 3 heterocycles. The average Bonchev–Trinajstić information content (AvgIpc) is 3.51. The number of nitrogens with one attached hydrogen (secondary N) is 1. The number of hydrogen-bond acceptors (Lipinski definition) is 5. The maximum Gasteiger partial charge on any atom is 0.253 e. The number of ether oxygens (including phenoxy) is 2. The van der Waals surface area contributed by atoms with Gasteiger partial charge in [-0.2, -0.15) is 0 Å². The van der Waals surface area contributed by atoms with Crippen molar-refractivity contribution < 1.29 is 14.3 Å². The number of amides is 1. The summed E-state index contributed by atoms with van der Waals surface area (Å²) in [5.74, 6) is 2.36. The topological polar surface area (TPSA) is 68.1 Å². The van der Waals surface area contributed by atoms with Crippen LogP contribution in [-0.4, -0.2) is 35.7 Å². The zero-order valence-corrected chi connectivity index (χ0v) is 20.2. The molecule has 0 spiro atoms. The Hall–Kier alpha value is -4.00. The predicted octanol–water partition coefficient (Wildman–Crippen LogP) is 4.62. The number of carbonyl (C=O) groups excluding carboxylic acids is 1. The van der Waals surface area contributed by atoms with Crippen molar-refractivity contribution in [3.05, 3.63) is 89.2 Å². The monoisotopic (exact) mass is 470 g/mol. The summed E-state index contributed by atoms with van der Waals surface area (Å²) < 4.78 is 12.8. The van der Waals surface area contributed by atoms with Crippen LogP contribution in [0.15, 0.2) is 66.9 Å². The Morgan fingerprint density at radius 1 is 1.06 bits per heavy atom. The van der Waals surface area contributed by atoms with Gasteiger partial charge in [-0.05, 0) is 54.7 Å². The van der Waals surface area contributed by atoms with Crippen LogP contribution in [0.5, 0.6) is 11.5 Å². The summed E-state index contributed by atoms with van der Waals surface area (Å²) in [6, 6.07) is 20.0. The molecule has 1 amide bonds. The van der Waals surface area contributed by atoms with Gasteiger partial charge in [0.05, 0.1) is 11.3 Å². The lowest BCUT2D eigenvalue weighted by molar-refractivity contribution is 0.0950. The highest BCUT2D eigenvalue weighted by atomic mass is 16.7. The van der Waals surface area contributed by atoms with Gasteiger partial charge < -0.3 is 19.7 Å². The first kappa shape index (κ1) is 22.8. The van der Waals surface area contributed by atoms with Gasteiger partial charge in [-0.1, -0.05) is 43.3 Å². The predicted molar refractivity (Wildman–Crippen MR) is 136 cm³/mol. The number of rotatable bonds is 9. The maximum atomic E-state index is 13.0. The number of nitrogens with zero attached hydrogens (tertiary/aromatic N) is 3. The number of fused-ring (bicyclic) bond motifs is 2. The molecule has 180 valence electrons. The SMILES string of the molecule is CCc1nc2ccc(C(=O)NCc3ccc4c(c3)OCO4)cn2c1N(C)CCCc1ccccc1. The van der Waals surface area contributed by atoms with Crippen LogP contribution in [0.1, 0.15) is 40.5 Å². The molecule has 7 nitrogen and oxygen atoms in total. The molecule has 35 heavy (non-hydrogen) atoms. The molecule has 0 atom stereocenters. The lowest BCUT2D eigenvalue weighted by Gasteiger charge is -2.20. The van der Waals surface area contributed by atoms with E-state index in [0.717, 1.165) is 54.3 Å². The molecule has 4 aromatic rings. The molecule has 0 saturated heterocycles. The minimum atomic E-state index is -0.131. The first-order valence-corrected chi connectivity index (χ1v) is 12.0. The number of aryl methyl sites for hydroxylation is 2. The Labute approximate surface area is 205 Å². The first-order chi connectivity index (χ1) is 17.1. The molecule has 0 fully saturated rings. The van der Waals surface area contributed by atoms with Gasteiger partial charge in [0.15, 0.2) is 11.5 Å². The number of carbonyl (C=O) groups is 1. The van der Waals surface area contributed by atoms with E-state index < -0.39 is 0 Å². The molecule has 1 aliphatic heterocycles. The first-order valence-electron chi connectivity index (χ1n) is 12.0. The maximum absolute atomic E-state index is 13.0. The van der Waals surface area contributed by atoms with Gasteiger partial charge in [-0.25, -0.2) is 4.98 Å². The number of hydrogen-bond donors (Lipinski definition) is 1. The van der Waals surface area contributed by atoms with Gasteiger partial charge in [-0.15, -0.1) is 0 Å². The van der Waals surface area contributed by atoms with Crippen molar-refractivity contribution in [1.29, 1.82) is 0 Å². The Morgan fingerprint density at radius 2 is 1.89 bits per heavy atom. The van der Waals surface area contributed by atoms with Crippen LogP contribution in [0.4, 0.5) is 5.82 Å². The summed E-state index contributed by atoms with van der Waals surface area (Å²) in [6.07, 6.45) is 4.77. The summed E-state index contributed by atoms with van der Waals surface area (Å²) in [5, 5.41) is 3.01. The van der Waals surface area contributed by atoms with Gasteiger partial charge >= 0.3 is 0 Å². The van der Waals surface area contributed by atoms with Crippen LogP contribution >= 0.6 is 0 Å². The third-order valence-electron chi connectivity index (χ3n) is 6.31. The van der Waals surface area contributed by atoms with E-state index in [1.807, 2.05) is 47.0 Å². The lowest BCUT2D eigenvalue weighted by atomic mass is 10.1. The molecule has 0 bridgehead atoms. The molecular weight excluding hydrogens is 440 g/mol. The second-order valence-corrected chi connectivity index (χ2v) is 8.76. The third kappa shape index (κ3) is 4.94. The van der Waals surface area contributed by atoms with E-state index in [9.17, 15) is 4.79 Å². The van der Waals surface area contributed by atoms with E-state index in [-0.39, 0.29) is 12.7 Å². The van der Waals surface area contributed by atoms with Crippen molar-refractivity contribution in [1.82, 2.24) is 14.7 Å². The zero-order valence-electron chi connectivity index (χ0n) is 20.2. The van der Waals surface area contributed by atoms with Gasteiger partial charge in [0, 0.05) is 26.3 Å². The second-order valence-electron chi connectivity index (χ2n) is 8.76. The summed E-state index contributed by atoms with van der Waals surface area (Å²) in [4.78, 5) is 20.0. The van der Waals surface area contributed by atoms with Crippen molar-refractivity contribution >= 4 is 17.4 Å². The van der Waals surface area contributed by atoms with Crippen molar-refractivity contribution in [2.75, 3.05) is 25.3 Å². The van der Waals surface area contributed by atoms with Crippen molar-refractivity contribution in [2.24, 2.45) is 0 Å². The summed E-state index contributed by atoms with van der Waals surface area (Å²) in [6.45, 7) is 3.65. The highest BCUT2D eigenvalue weighted by molar-refractivity contribution is 5.94. The summed E-state index contributed by atoms with van der Waals surface area (Å²) in [7, 11) is 2.10. The van der Waals surface area contributed by atoms with Crippen LogP contribution in [0.3, 0.4) is 0 Å². The van der Waals surface area contributed by atoms with E-state index >= 15 is 0 Å². The Balaban J connectivity index is 1.30. The zero-order chi connectivity index (χ0) is 24.2. The molecule has 0 saturated carbocycles. The standard InChI is InChI=1S/C28H30N4O3/c1-3-23-28(31(2)15-7-10-20-8-5-4-6-9-20)32-18-22(12-14-26(32)30-23)27(33)29-17-21-11-13-24-25(16-21)35-19-34-24/h4-6,8-9,11-14,16,18H,3,7,10,15,17,19H2,1-2H3,(H,29,33). The van der Waals surface area contributed by atoms with Crippen LogP contribution in [0.2, 0.25) is 0 Å². The number of imidazole rings is 1. The molecule has 1 N–H and O–H groups in total. The third-order valence-corrected chi connectivity index (χ3v) is 6.31. The van der Waals surface area contributed by atoms with Crippen molar-refractivity contribution in [2.45, 2.75) is 32.7 Å². The molecule has 1 aliphatic rings. The molecule has 0 radical (unpaired) electrons. The van der Waals surface area contributed by atoms with Crippen LogP contribution in [0.25, 0.3) is 5.65 Å². The largest absolute Gasteiger partial charge is 0.454 e. The number of pyridine rings is 1. The fourth-order valence-electron chi connectivity index (χ4n) is 4.46. The molecular formula is C28H30N4O3. The van der Waals surface area contributed by atoms with Crippen LogP contribution < -0.4 is 19.7 Å². The quantitative estimate of drug-likeness (QED) is 0.387. The lowest BCUT2D eigenvalue weighted by Crippen LogP contribution is -2.24. The van der Waals surface area contributed by atoms with Crippen LogP contribution in [-0.2, 0) is 19.4 Å². The normalized spacial score (nSPS) is 12.2. The molecule has 7 heteroatoms. The Bertz CT molecular complexity index is 1330. The van der Waals surface area contributed by atoms with Gasteiger partial charge in [0.2, 0.25) is 6.79 Å². The second kappa shape index (κ2) is 10.1. The van der Waals surface area contributed by atoms with Crippen molar-refractivity contribution in [3.8, 4) is 11.5 Å². The Kier molecular flexibility index (Phi) is 6.57. The molecule has 5 rings (SSSR count). The summed E-state index contributed by atoms with van der Waals surface area (Å²) >= 11 is 0. The molecule has 2 aromatic carbocycles. The highest BCUT2D eigenvalue weighted by Gasteiger charge is 2.17. The van der Waals surface area contributed by atoms with Gasteiger partial charge in [0.25, 0.3) is 5.91 Å². The minimum absolute atomic E-state index is 0.131. The number of anilines is 1. The number of aromatic nitrogens is 2.